The first-order valence-corrected chi connectivity index (χ1v) is 8.34. The molecule has 3 rings (SSSR count). The van der Waals surface area contributed by atoms with E-state index in [4.69, 9.17) is 4.74 Å². The molecule has 0 atom stereocenters. The Balaban J connectivity index is 1.56. The zero-order chi connectivity index (χ0) is 17.8. The average Bonchev–Trinajstić information content (AvgIpc) is 2.62. The Bertz CT molecular complexity index is 738. The van der Waals surface area contributed by atoms with Crippen molar-refractivity contribution in [2.45, 2.75) is 0 Å². The molecule has 6 nitrogen and oxygen atoms in total. The number of phenols is 2. The van der Waals surface area contributed by atoms with E-state index in [-0.39, 0.29) is 22.8 Å². The Hall–Kier alpha value is -2.73. The largest absolute Gasteiger partial charge is 0.508 e. The van der Waals surface area contributed by atoms with Crippen molar-refractivity contribution in [3.63, 3.8) is 0 Å². The maximum Gasteiger partial charge on any atom is 0.220 e. The van der Waals surface area contributed by atoms with Crippen molar-refractivity contribution in [1.29, 1.82) is 0 Å². The Morgan fingerprint density at radius 1 is 1.12 bits per heavy atom. The molecule has 0 saturated carbocycles. The second kappa shape index (κ2) is 7.44. The van der Waals surface area contributed by atoms with Crippen LogP contribution >= 0.6 is 0 Å². The Labute approximate surface area is 146 Å². The van der Waals surface area contributed by atoms with Gasteiger partial charge < -0.3 is 24.7 Å². The molecule has 0 unspecified atom stereocenters. The van der Waals surface area contributed by atoms with Crippen LogP contribution in [0.1, 0.15) is 10.4 Å². The van der Waals surface area contributed by atoms with E-state index in [1.165, 1.54) is 23.1 Å². The van der Waals surface area contributed by atoms with Gasteiger partial charge in [-0.05, 0) is 36.4 Å². The van der Waals surface area contributed by atoms with Crippen LogP contribution in [-0.4, -0.2) is 55.8 Å². The van der Waals surface area contributed by atoms with E-state index in [1.807, 2.05) is 24.3 Å². The van der Waals surface area contributed by atoms with Crippen molar-refractivity contribution in [2.75, 3.05) is 44.7 Å². The van der Waals surface area contributed by atoms with E-state index in [9.17, 15) is 15.0 Å². The van der Waals surface area contributed by atoms with Gasteiger partial charge in [-0.1, -0.05) is 0 Å². The molecule has 0 aromatic heterocycles. The molecular formula is C19H23N2O4+. The molecule has 1 saturated heterocycles. The highest BCUT2D eigenvalue weighted by molar-refractivity contribution is 5.99. The number of rotatable bonds is 5. The van der Waals surface area contributed by atoms with Crippen molar-refractivity contribution in [2.24, 2.45) is 0 Å². The predicted molar refractivity (Wildman–Crippen MR) is 94.9 cm³/mol. The summed E-state index contributed by atoms with van der Waals surface area (Å²) in [6, 6.07) is 12.1. The number of nitrogens with one attached hydrogen (secondary N) is 1. The highest BCUT2D eigenvalue weighted by Crippen LogP contribution is 2.22. The minimum Gasteiger partial charge on any atom is -0.508 e. The molecule has 1 heterocycles. The van der Waals surface area contributed by atoms with Crippen LogP contribution in [0.2, 0.25) is 0 Å². The third kappa shape index (κ3) is 4.03. The van der Waals surface area contributed by atoms with Gasteiger partial charge in [0.2, 0.25) is 5.78 Å². The first-order chi connectivity index (χ1) is 12.1. The van der Waals surface area contributed by atoms with Crippen molar-refractivity contribution in [3.05, 3.63) is 48.0 Å². The number of ether oxygens (including phenoxy) is 1. The van der Waals surface area contributed by atoms with Gasteiger partial charge >= 0.3 is 0 Å². The Morgan fingerprint density at radius 2 is 1.80 bits per heavy atom. The molecule has 2 aromatic rings. The summed E-state index contributed by atoms with van der Waals surface area (Å²) in [5, 5.41) is 19.1. The maximum atomic E-state index is 12.4. The van der Waals surface area contributed by atoms with Crippen LogP contribution < -0.4 is 14.5 Å². The second-order valence-corrected chi connectivity index (χ2v) is 6.24. The topological polar surface area (TPSA) is 74.4 Å². The SMILES string of the molecule is COc1ccc(N2CC[NH+](CC(=O)c3ccc(O)cc3O)CC2)cc1. The lowest BCUT2D eigenvalue weighted by Gasteiger charge is -2.33. The number of nitrogens with zero attached hydrogens (tertiary/aromatic N) is 1. The maximum absolute atomic E-state index is 12.4. The summed E-state index contributed by atoms with van der Waals surface area (Å²) in [7, 11) is 1.65. The van der Waals surface area contributed by atoms with Crippen LogP contribution in [0.5, 0.6) is 17.2 Å². The van der Waals surface area contributed by atoms with Gasteiger partial charge in [0.25, 0.3) is 0 Å². The molecular weight excluding hydrogens is 320 g/mol. The molecule has 0 bridgehead atoms. The van der Waals surface area contributed by atoms with Gasteiger partial charge in [0.15, 0.2) is 0 Å². The number of phenolic OH excluding ortho intramolecular Hbond substituents is 2. The van der Waals surface area contributed by atoms with Gasteiger partial charge in [-0.3, -0.25) is 4.79 Å². The lowest BCUT2D eigenvalue weighted by Crippen LogP contribution is -3.15. The van der Waals surface area contributed by atoms with E-state index < -0.39 is 0 Å². The van der Waals surface area contributed by atoms with E-state index in [0.717, 1.165) is 37.6 Å². The first kappa shape index (κ1) is 17.1. The molecule has 6 heteroatoms. The molecule has 0 radical (unpaired) electrons. The standard InChI is InChI=1S/C19H22N2O4/c1-25-16-5-2-14(3-6-16)21-10-8-20(9-11-21)13-19(24)17-7-4-15(22)12-18(17)23/h2-7,12,22-23H,8-11,13H2,1H3/p+1. The fraction of sp³-hybridized carbons (Fsp3) is 0.316. The number of carbonyl (C=O) groups excluding carboxylic acids is 1. The highest BCUT2D eigenvalue weighted by Gasteiger charge is 2.24. The number of anilines is 1. The third-order valence-electron chi connectivity index (χ3n) is 4.60. The molecule has 1 aliphatic heterocycles. The summed E-state index contributed by atoms with van der Waals surface area (Å²) >= 11 is 0. The van der Waals surface area contributed by atoms with Gasteiger partial charge in [0, 0.05) is 11.8 Å². The van der Waals surface area contributed by atoms with Crippen molar-refractivity contribution in [3.8, 4) is 17.2 Å². The fourth-order valence-electron chi connectivity index (χ4n) is 3.13. The molecule has 1 fully saturated rings. The quantitative estimate of drug-likeness (QED) is 0.697. The van der Waals surface area contributed by atoms with Gasteiger partial charge in [-0.2, -0.15) is 0 Å². The molecule has 0 amide bonds. The van der Waals surface area contributed by atoms with Crippen LogP contribution in [0.15, 0.2) is 42.5 Å². The summed E-state index contributed by atoms with van der Waals surface area (Å²) < 4.78 is 5.18. The van der Waals surface area contributed by atoms with E-state index in [2.05, 4.69) is 4.90 Å². The Morgan fingerprint density at radius 3 is 2.40 bits per heavy atom. The smallest absolute Gasteiger partial charge is 0.220 e. The average molecular weight is 343 g/mol. The number of quaternary nitrogens is 1. The van der Waals surface area contributed by atoms with Crippen LogP contribution in [0.4, 0.5) is 5.69 Å². The highest BCUT2D eigenvalue weighted by atomic mass is 16.5. The predicted octanol–water partition coefficient (Wildman–Crippen LogP) is 0.694. The van der Waals surface area contributed by atoms with Crippen LogP contribution in [0.3, 0.4) is 0 Å². The minimum atomic E-state index is -0.165. The van der Waals surface area contributed by atoms with Crippen LogP contribution in [0.25, 0.3) is 0 Å². The molecule has 25 heavy (non-hydrogen) atoms. The zero-order valence-corrected chi connectivity index (χ0v) is 14.2. The lowest BCUT2D eigenvalue weighted by molar-refractivity contribution is -0.892. The van der Waals surface area contributed by atoms with E-state index in [1.54, 1.807) is 7.11 Å². The number of Topliss-reactive ketones (excluding diaryl/α,β-unsaturated/α-hetero) is 1. The number of piperazine rings is 1. The van der Waals surface area contributed by atoms with E-state index in [0.29, 0.717) is 6.54 Å². The summed E-state index contributed by atoms with van der Waals surface area (Å²) in [5.74, 6) is 0.522. The number of aromatic hydroxyl groups is 2. The van der Waals surface area contributed by atoms with Gasteiger partial charge in [-0.25, -0.2) is 0 Å². The normalized spacial score (nSPS) is 15.2. The lowest BCUT2D eigenvalue weighted by atomic mass is 10.1. The third-order valence-corrected chi connectivity index (χ3v) is 4.60. The Kier molecular flexibility index (Phi) is 5.09. The molecule has 3 N–H and O–H groups in total. The number of benzene rings is 2. The van der Waals surface area contributed by atoms with Crippen molar-refractivity contribution in [1.82, 2.24) is 0 Å². The van der Waals surface area contributed by atoms with Crippen molar-refractivity contribution < 1.29 is 24.6 Å². The van der Waals surface area contributed by atoms with Gasteiger partial charge in [-0.15, -0.1) is 0 Å². The molecule has 0 aliphatic carbocycles. The number of ketones is 1. The zero-order valence-electron chi connectivity index (χ0n) is 14.2. The minimum absolute atomic E-state index is 0.0468. The van der Waals surface area contributed by atoms with Crippen LogP contribution in [0, 0.1) is 0 Å². The second-order valence-electron chi connectivity index (χ2n) is 6.24. The number of methoxy groups -OCH3 is 1. The molecule has 0 spiro atoms. The van der Waals surface area contributed by atoms with Gasteiger partial charge in [0.05, 0.1) is 38.9 Å². The molecule has 2 aromatic carbocycles. The molecule has 132 valence electrons. The monoisotopic (exact) mass is 343 g/mol. The summed E-state index contributed by atoms with van der Waals surface area (Å²) in [6.45, 7) is 3.80. The number of hydrogen-bond acceptors (Lipinski definition) is 5. The molecule has 1 aliphatic rings. The number of hydrogen-bond donors (Lipinski definition) is 3. The van der Waals surface area contributed by atoms with Gasteiger partial charge in [0.1, 0.15) is 23.8 Å². The summed E-state index contributed by atoms with van der Waals surface area (Å²) in [6.07, 6.45) is 0. The summed E-state index contributed by atoms with van der Waals surface area (Å²) in [4.78, 5) is 15.9. The van der Waals surface area contributed by atoms with E-state index >= 15 is 0 Å². The van der Waals surface area contributed by atoms with Crippen LogP contribution in [-0.2, 0) is 0 Å². The first-order valence-electron chi connectivity index (χ1n) is 8.34. The summed E-state index contributed by atoms with van der Waals surface area (Å²) in [5.41, 5.74) is 1.42. The number of carbonyl (C=O) groups is 1. The fourth-order valence-corrected chi connectivity index (χ4v) is 3.13. The van der Waals surface area contributed by atoms with Crippen molar-refractivity contribution >= 4 is 11.5 Å².